The summed E-state index contributed by atoms with van der Waals surface area (Å²) in [6.45, 7) is 18.1. The molecular formula is C57H62N12O6. The first kappa shape index (κ1) is 49.3. The maximum atomic E-state index is 14.1. The molecule has 11 rings (SSSR count). The van der Waals surface area contributed by atoms with Crippen LogP contribution < -0.4 is 35.8 Å². The Morgan fingerprint density at radius 3 is 2.40 bits per heavy atom. The largest absolute Gasteiger partial charge is 0.392 e. The fraction of sp³-hybridized carbons (Fsp3) is 0.368. The van der Waals surface area contributed by atoms with E-state index in [2.05, 4.69) is 74.1 Å². The minimum Gasteiger partial charge on any atom is -0.392 e. The number of hydrogen-bond donors (Lipinski definition) is 3. The Labute approximate surface area is 435 Å². The number of aliphatic hydroxyl groups excluding tert-OH is 1. The molecule has 6 aromatic rings. The second-order valence-electron chi connectivity index (χ2n) is 21.5. The Hall–Kier alpha value is -7.96. The van der Waals surface area contributed by atoms with Gasteiger partial charge in [0.2, 0.25) is 5.91 Å². The molecule has 8 heterocycles. The number of piperidine rings is 1. The van der Waals surface area contributed by atoms with Gasteiger partial charge in [-0.1, -0.05) is 20.4 Å². The van der Waals surface area contributed by atoms with Crippen LogP contribution in [0.1, 0.15) is 94.3 Å². The minimum absolute atomic E-state index is 0.0278. The molecule has 18 nitrogen and oxygen atoms in total. The van der Waals surface area contributed by atoms with Crippen LogP contribution in [0, 0.1) is 12.3 Å². The van der Waals surface area contributed by atoms with Crippen LogP contribution in [0.5, 0.6) is 0 Å². The van der Waals surface area contributed by atoms with Gasteiger partial charge in [-0.05, 0) is 124 Å². The number of nitrogens with one attached hydrogen (secondary N) is 2. The number of aromatic nitrogens is 5. The van der Waals surface area contributed by atoms with Gasteiger partial charge in [0.1, 0.15) is 11.5 Å². The van der Waals surface area contributed by atoms with Crippen molar-refractivity contribution in [1.82, 2.24) is 29.0 Å². The van der Waals surface area contributed by atoms with Crippen molar-refractivity contribution in [1.29, 1.82) is 0 Å². The van der Waals surface area contributed by atoms with E-state index < -0.39 is 12.2 Å². The van der Waals surface area contributed by atoms with Crippen molar-refractivity contribution in [2.24, 2.45) is 12.5 Å². The molecule has 3 N–H and O–H groups in total. The summed E-state index contributed by atoms with van der Waals surface area (Å²) in [4.78, 5) is 91.5. The van der Waals surface area contributed by atoms with Gasteiger partial charge in [-0.2, -0.15) is 0 Å². The van der Waals surface area contributed by atoms with E-state index in [0.29, 0.717) is 82.2 Å². The highest BCUT2D eigenvalue weighted by molar-refractivity contribution is 6.34. The Morgan fingerprint density at radius 2 is 1.64 bits per heavy atom. The first-order valence-electron chi connectivity index (χ1n) is 25.8. The average Bonchev–Trinajstić information content (AvgIpc) is 3.99. The third-order valence-electron chi connectivity index (χ3n) is 15.8. The zero-order chi connectivity index (χ0) is 52.6. The summed E-state index contributed by atoms with van der Waals surface area (Å²) in [7, 11) is 1.63. The first-order chi connectivity index (χ1) is 36.0. The summed E-state index contributed by atoms with van der Waals surface area (Å²) in [5, 5.41) is 17.1. The molecule has 0 bridgehead atoms. The summed E-state index contributed by atoms with van der Waals surface area (Å²) in [5.74, 6) is -0.827. The predicted molar refractivity (Wildman–Crippen MR) is 289 cm³/mol. The fourth-order valence-electron chi connectivity index (χ4n) is 12.2. The van der Waals surface area contributed by atoms with E-state index in [9.17, 15) is 29.1 Å². The standard InChI is InChI=1S/C57H62N12O6/c1-8-50(71)61-45-26-37(60-51-56(75)63(7)31-46(62-51)41-14-17-59-52(44(41)32-70)68-22-21-67-48(55(68)74)25-36-28-57(5,6)29-49(36)67)9-12-47(45)66-20-19-64(30-35(66)4)38-15-18-65(34(3)24-38)39-10-11-42-43(27-39)54(73)69(53(42)72)40-13-16-58-33(2)23-40/h8-14,16-17,23,25-27,31,34-35,38,70H,1,15,18-22,24,28-30,32H2,2-7H3,(H,60,62)(H,61,71)/t34-,35+,38?/m1/s1. The number of imide groups is 1. The fourth-order valence-corrected chi connectivity index (χ4v) is 12.2. The summed E-state index contributed by atoms with van der Waals surface area (Å²) >= 11 is 0. The topological polar surface area (TPSA) is 194 Å². The molecule has 2 saturated heterocycles. The van der Waals surface area contributed by atoms with E-state index in [4.69, 9.17) is 4.98 Å². The van der Waals surface area contributed by atoms with Crippen LogP contribution in [0.4, 0.5) is 40.1 Å². The summed E-state index contributed by atoms with van der Waals surface area (Å²) in [5.41, 5.74) is 9.03. The first-order valence-corrected chi connectivity index (χ1v) is 25.8. The molecule has 2 fully saturated rings. The maximum Gasteiger partial charge on any atom is 0.293 e. The maximum absolute atomic E-state index is 14.1. The van der Waals surface area contributed by atoms with Gasteiger partial charge < -0.3 is 34.7 Å². The molecule has 0 radical (unpaired) electrons. The normalized spacial score (nSPS) is 20.3. The number of rotatable bonds is 11. The molecule has 18 heteroatoms. The summed E-state index contributed by atoms with van der Waals surface area (Å²) < 4.78 is 3.56. The van der Waals surface area contributed by atoms with Gasteiger partial charge in [0.25, 0.3) is 23.3 Å². The van der Waals surface area contributed by atoms with Gasteiger partial charge in [-0.25, -0.2) is 14.9 Å². The molecule has 1 aliphatic carbocycles. The SMILES string of the molecule is C=CC(=O)Nc1cc(Nc2nc(-c3ccnc(N4CCn5c(cc6c5CC(C)(C)C6)C4=O)c3CO)cn(C)c2=O)ccc1N1CCN(C2CCN(c3ccc4c(c3)C(=O)N(c3ccnc(C)c3)C4=O)[C@H](C)C2)C[C@@H]1C. The number of carbonyl (C=O) groups excluding carboxylic acids is 4. The molecule has 1 unspecified atom stereocenters. The van der Waals surface area contributed by atoms with Gasteiger partial charge >= 0.3 is 0 Å². The predicted octanol–water partition coefficient (Wildman–Crippen LogP) is 6.86. The van der Waals surface area contributed by atoms with E-state index in [1.807, 2.05) is 37.3 Å². The molecular weight excluding hydrogens is 949 g/mol. The molecule has 4 amide bonds. The highest BCUT2D eigenvalue weighted by Gasteiger charge is 2.40. The molecule has 3 atom stereocenters. The molecule has 5 aliphatic rings. The van der Waals surface area contributed by atoms with Gasteiger partial charge in [0.05, 0.1) is 40.5 Å². The second kappa shape index (κ2) is 19.1. The lowest BCUT2D eigenvalue weighted by atomic mass is 9.90. The van der Waals surface area contributed by atoms with Gasteiger partial charge in [-0.3, -0.25) is 38.8 Å². The number of pyridine rings is 2. The number of aryl methyl sites for hydroxylation is 2. The van der Waals surface area contributed by atoms with Gasteiger partial charge in [0.15, 0.2) is 5.82 Å². The van der Waals surface area contributed by atoms with E-state index in [1.54, 1.807) is 60.9 Å². The van der Waals surface area contributed by atoms with Crippen molar-refractivity contribution in [2.75, 3.05) is 63.0 Å². The van der Waals surface area contributed by atoms with E-state index >= 15 is 0 Å². The van der Waals surface area contributed by atoms with Crippen molar-refractivity contribution in [3.05, 3.63) is 142 Å². The number of carbonyl (C=O) groups is 4. The number of piperazine rings is 1. The molecule has 2 aromatic carbocycles. The molecule has 4 aromatic heterocycles. The molecule has 75 heavy (non-hydrogen) atoms. The van der Waals surface area contributed by atoms with E-state index in [0.717, 1.165) is 62.4 Å². The second-order valence-corrected chi connectivity index (χ2v) is 21.5. The molecule has 0 spiro atoms. The van der Waals surface area contributed by atoms with Gasteiger partial charge in [0, 0.05) is 117 Å². The van der Waals surface area contributed by atoms with Crippen LogP contribution >= 0.6 is 0 Å². The number of amides is 4. The number of aliphatic hydroxyl groups is 1. The van der Waals surface area contributed by atoms with Crippen molar-refractivity contribution in [3.63, 3.8) is 0 Å². The Morgan fingerprint density at radius 1 is 0.840 bits per heavy atom. The lowest BCUT2D eigenvalue weighted by Gasteiger charge is -2.48. The Bertz CT molecular complexity index is 3420. The Kier molecular flexibility index (Phi) is 12.5. The van der Waals surface area contributed by atoms with E-state index in [1.165, 1.54) is 26.8 Å². The highest BCUT2D eigenvalue weighted by Crippen LogP contribution is 2.41. The van der Waals surface area contributed by atoms with Crippen molar-refractivity contribution in [3.8, 4) is 11.3 Å². The van der Waals surface area contributed by atoms with Crippen LogP contribution in [0.2, 0.25) is 0 Å². The monoisotopic (exact) mass is 1010 g/mol. The molecule has 386 valence electrons. The zero-order valence-electron chi connectivity index (χ0n) is 43.3. The number of anilines is 7. The minimum atomic E-state index is -0.418. The average molecular weight is 1010 g/mol. The quantitative estimate of drug-likeness (QED) is 0.0901. The number of nitrogens with zero attached hydrogens (tertiary/aromatic N) is 10. The zero-order valence-corrected chi connectivity index (χ0v) is 43.3. The summed E-state index contributed by atoms with van der Waals surface area (Å²) in [6.07, 6.45) is 9.71. The lowest BCUT2D eigenvalue weighted by Crippen LogP contribution is -2.58. The smallest absolute Gasteiger partial charge is 0.293 e. The third kappa shape index (κ3) is 8.84. The van der Waals surface area contributed by atoms with E-state index in [-0.39, 0.29) is 46.9 Å². The van der Waals surface area contributed by atoms with Crippen molar-refractivity contribution < 1.29 is 24.3 Å². The summed E-state index contributed by atoms with van der Waals surface area (Å²) in [6, 6.07) is 18.9. The number of benzene rings is 2. The molecule has 4 aliphatic heterocycles. The van der Waals surface area contributed by atoms with Gasteiger partial charge in [-0.15, -0.1) is 0 Å². The van der Waals surface area contributed by atoms with Crippen LogP contribution in [0.25, 0.3) is 11.3 Å². The highest BCUT2D eigenvalue weighted by atomic mass is 16.3. The van der Waals surface area contributed by atoms with Crippen LogP contribution in [0.3, 0.4) is 0 Å². The Balaban J connectivity index is 0.781. The van der Waals surface area contributed by atoms with Crippen LogP contribution in [-0.2, 0) is 37.8 Å². The van der Waals surface area contributed by atoms with Crippen molar-refractivity contribution >= 4 is 63.7 Å². The lowest BCUT2D eigenvalue weighted by molar-refractivity contribution is -0.111. The number of hydrogen-bond acceptors (Lipinski definition) is 13. The number of fused-ring (bicyclic) bond motifs is 4. The molecule has 0 saturated carbocycles. The van der Waals surface area contributed by atoms with Crippen LogP contribution in [0.15, 0.2) is 96.7 Å². The van der Waals surface area contributed by atoms with Crippen molar-refractivity contribution in [2.45, 2.75) is 91.6 Å². The third-order valence-corrected chi connectivity index (χ3v) is 15.8. The van der Waals surface area contributed by atoms with Crippen LogP contribution in [-0.4, -0.2) is 109 Å².